The van der Waals surface area contributed by atoms with Crippen molar-refractivity contribution in [2.45, 2.75) is 72.3 Å². The van der Waals surface area contributed by atoms with Crippen molar-refractivity contribution >= 4 is 28.3 Å². The average molecular weight is 326 g/mol. The van der Waals surface area contributed by atoms with Crippen molar-refractivity contribution in [3.63, 3.8) is 0 Å². The number of aromatic nitrogens is 1. The van der Waals surface area contributed by atoms with E-state index in [2.05, 4.69) is 75.7 Å². The van der Waals surface area contributed by atoms with Crippen molar-refractivity contribution < 1.29 is 0 Å². The second-order valence-electron chi connectivity index (χ2n) is 7.77. The first-order valence-corrected chi connectivity index (χ1v) is 9.05. The minimum absolute atomic E-state index is 0. The Hall–Kier alpha value is -0.708. The largest absolute Gasteiger partial charge is 0.341 e. The maximum atomic E-state index is 2.61. The second kappa shape index (κ2) is 8.95. The second-order valence-corrected chi connectivity index (χ2v) is 7.77. The summed E-state index contributed by atoms with van der Waals surface area (Å²) in [5, 5.41) is 1.37. The summed E-state index contributed by atoms with van der Waals surface area (Å²) in [7, 11) is 0. The van der Waals surface area contributed by atoms with Crippen molar-refractivity contribution in [2.75, 3.05) is 0 Å². The minimum atomic E-state index is 0. The molecule has 125 valence electrons. The zero-order valence-corrected chi connectivity index (χ0v) is 16.8. The van der Waals surface area contributed by atoms with Crippen LogP contribution in [-0.4, -0.2) is 21.9 Å². The number of nitrogens with zero attached hydrogens (tertiary/aromatic N) is 1. The molecule has 0 aliphatic rings. The van der Waals surface area contributed by atoms with Gasteiger partial charge in [-0.1, -0.05) is 65.7 Å². The minimum Gasteiger partial charge on any atom is -0.341 e. The van der Waals surface area contributed by atoms with E-state index < -0.39 is 0 Å². The normalized spacial score (nSPS) is 12.1. The Morgan fingerprint density at radius 1 is 0.957 bits per heavy atom. The van der Waals surface area contributed by atoms with Crippen LogP contribution < -0.4 is 0 Å². The van der Waals surface area contributed by atoms with E-state index >= 15 is 0 Å². The first kappa shape index (κ1) is 20.3. The predicted molar refractivity (Wildman–Crippen MR) is 104 cm³/mol. The number of rotatable bonds is 8. The van der Waals surface area contributed by atoms with Crippen LogP contribution in [0.2, 0.25) is 0 Å². The molecule has 2 heteroatoms. The Kier molecular flexibility index (Phi) is 7.92. The first-order chi connectivity index (χ1) is 10.5. The number of fused-ring (bicyclic) bond motifs is 1. The highest BCUT2D eigenvalue weighted by atomic mass is 27.0. The lowest BCUT2D eigenvalue weighted by atomic mass is 9.78. The van der Waals surface area contributed by atoms with Gasteiger partial charge in [0.2, 0.25) is 0 Å². The molecule has 1 nitrogen and oxygen atoms in total. The van der Waals surface area contributed by atoms with E-state index in [0.717, 1.165) is 11.8 Å². The Bertz CT molecular complexity index is 572. The highest BCUT2D eigenvalue weighted by molar-refractivity contribution is 5.80. The van der Waals surface area contributed by atoms with Gasteiger partial charge in [-0.3, -0.25) is 0 Å². The van der Waals surface area contributed by atoms with Gasteiger partial charge in [-0.05, 0) is 48.6 Å². The molecule has 3 radical (unpaired) electrons. The summed E-state index contributed by atoms with van der Waals surface area (Å²) in [6, 6.07) is 11.1. The molecule has 0 saturated carbocycles. The molecule has 0 fully saturated rings. The number of unbranched alkanes of at least 4 members (excludes halogenated alkanes) is 1. The van der Waals surface area contributed by atoms with Gasteiger partial charge >= 0.3 is 0 Å². The molecule has 0 amide bonds. The number of hydrogen-bond acceptors (Lipinski definition) is 0. The van der Waals surface area contributed by atoms with E-state index in [4.69, 9.17) is 0 Å². The lowest BCUT2D eigenvalue weighted by Crippen LogP contribution is -2.36. The van der Waals surface area contributed by atoms with Crippen LogP contribution >= 0.6 is 0 Å². The van der Waals surface area contributed by atoms with Crippen LogP contribution in [0.5, 0.6) is 0 Å². The molecule has 0 N–H and O–H groups in total. The molecule has 0 saturated heterocycles. The molecule has 2 rings (SSSR count). The molecule has 23 heavy (non-hydrogen) atoms. The zero-order chi connectivity index (χ0) is 16.2. The van der Waals surface area contributed by atoms with E-state index in [9.17, 15) is 0 Å². The molecule has 0 aliphatic carbocycles. The fourth-order valence-corrected chi connectivity index (χ4v) is 4.13. The van der Waals surface area contributed by atoms with Gasteiger partial charge in [0.05, 0.1) is 0 Å². The van der Waals surface area contributed by atoms with Crippen LogP contribution in [0.3, 0.4) is 0 Å². The Balaban J connectivity index is 0.00000264. The first-order valence-electron chi connectivity index (χ1n) is 9.05. The number of hydrogen-bond donors (Lipinski definition) is 0. The molecule has 1 aromatic heterocycles. The number of benzene rings is 1. The van der Waals surface area contributed by atoms with E-state index in [-0.39, 0.29) is 22.9 Å². The van der Waals surface area contributed by atoms with Gasteiger partial charge in [-0.2, -0.15) is 0 Å². The summed E-state index contributed by atoms with van der Waals surface area (Å²) in [6.07, 6.45) is 8.75. The fourth-order valence-electron chi connectivity index (χ4n) is 4.13. The molecular formula is C21H33AlN. The van der Waals surface area contributed by atoms with Crippen molar-refractivity contribution in [1.29, 1.82) is 0 Å². The molecule has 0 spiro atoms. The van der Waals surface area contributed by atoms with Crippen molar-refractivity contribution in [1.82, 2.24) is 4.57 Å². The molecule has 0 bridgehead atoms. The predicted octanol–water partition coefficient (Wildman–Crippen LogP) is 6.24. The standard InChI is InChI=1S/C21H33N.Al/c1-6-7-13-21(15-17(2)3,16-18(4)5)22-14-12-19-10-8-9-11-20(19)22;/h8-12,14,17-18H,6-7,13,15-16H2,1-5H3;. The van der Waals surface area contributed by atoms with E-state index in [1.54, 1.807) is 0 Å². The molecular weight excluding hydrogens is 293 g/mol. The lowest BCUT2D eigenvalue weighted by molar-refractivity contribution is 0.171. The molecule has 0 atom stereocenters. The van der Waals surface area contributed by atoms with Crippen LogP contribution in [0.25, 0.3) is 10.9 Å². The Labute approximate surface area is 153 Å². The van der Waals surface area contributed by atoms with Crippen LogP contribution in [0.15, 0.2) is 36.5 Å². The summed E-state index contributed by atoms with van der Waals surface area (Å²) >= 11 is 0. The third-order valence-corrected chi connectivity index (χ3v) is 4.68. The molecule has 1 heterocycles. The third kappa shape index (κ3) is 4.88. The van der Waals surface area contributed by atoms with Crippen LogP contribution in [0.4, 0.5) is 0 Å². The van der Waals surface area contributed by atoms with Crippen LogP contribution in [0, 0.1) is 11.8 Å². The van der Waals surface area contributed by atoms with Gasteiger partial charge in [-0.25, -0.2) is 0 Å². The number of para-hydroxylation sites is 1. The van der Waals surface area contributed by atoms with Gasteiger partial charge in [0, 0.05) is 34.6 Å². The summed E-state index contributed by atoms with van der Waals surface area (Å²) in [4.78, 5) is 0. The SMILES string of the molecule is CCCCC(CC(C)C)(CC(C)C)n1ccc2ccccc21.[Al]. The topological polar surface area (TPSA) is 4.93 Å². The highest BCUT2D eigenvalue weighted by Crippen LogP contribution is 2.39. The van der Waals surface area contributed by atoms with E-state index in [1.807, 2.05) is 0 Å². The quantitative estimate of drug-likeness (QED) is 0.506. The highest BCUT2D eigenvalue weighted by Gasteiger charge is 2.33. The smallest absolute Gasteiger partial charge is 0.0485 e. The van der Waals surface area contributed by atoms with E-state index in [0.29, 0.717) is 0 Å². The van der Waals surface area contributed by atoms with Gasteiger partial charge < -0.3 is 4.57 Å². The fraction of sp³-hybridized carbons (Fsp3) is 0.619. The summed E-state index contributed by atoms with van der Waals surface area (Å²) in [5.74, 6) is 1.44. The molecule has 0 aliphatic heterocycles. The van der Waals surface area contributed by atoms with E-state index in [1.165, 1.54) is 43.0 Å². The third-order valence-electron chi connectivity index (χ3n) is 4.68. The van der Waals surface area contributed by atoms with Gasteiger partial charge in [-0.15, -0.1) is 0 Å². The maximum absolute atomic E-state index is 2.61. The average Bonchev–Trinajstić information content (AvgIpc) is 2.88. The molecule has 2 aromatic rings. The zero-order valence-electron chi connectivity index (χ0n) is 15.7. The van der Waals surface area contributed by atoms with Crippen molar-refractivity contribution in [3.05, 3.63) is 36.5 Å². The Morgan fingerprint density at radius 3 is 2.13 bits per heavy atom. The van der Waals surface area contributed by atoms with Gasteiger partial charge in [0.1, 0.15) is 0 Å². The maximum Gasteiger partial charge on any atom is 0.0485 e. The van der Waals surface area contributed by atoms with Gasteiger partial charge in [0.15, 0.2) is 0 Å². The summed E-state index contributed by atoms with van der Waals surface area (Å²) in [6.45, 7) is 11.8. The monoisotopic (exact) mass is 326 g/mol. The lowest BCUT2D eigenvalue weighted by Gasteiger charge is -2.40. The molecule has 0 unspecified atom stereocenters. The van der Waals surface area contributed by atoms with Crippen LogP contribution in [-0.2, 0) is 5.54 Å². The summed E-state index contributed by atoms with van der Waals surface area (Å²) < 4.78 is 2.61. The van der Waals surface area contributed by atoms with Gasteiger partial charge in [0.25, 0.3) is 0 Å². The molecule has 1 aromatic carbocycles. The Morgan fingerprint density at radius 2 is 1.57 bits per heavy atom. The van der Waals surface area contributed by atoms with Crippen LogP contribution in [0.1, 0.15) is 66.7 Å². The van der Waals surface area contributed by atoms with Crippen molar-refractivity contribution in [2.24, 2.45) is 11.8 Å². The van der Waals surface area contributed by atoms with Crippen molar-refractivity contribution in [3.8, 4) is 0 Å². The summed E-state index contributed by atoms with van der Waals surface area (Å²) in [5.41, 5.74) is 1.67.